The number of hydrogen-bond donors (Lipinski definition) is 0. The van der Waals surface area contributed by atoms with Gasteiger partial charge in [0.15, 0.2) is 0 Å². The van der Waals surface area contributed by atoms with Crippen molar-refractivity contribution in [1.82, 2.24) is 14.5 Å². The number of carbonyl (C=O) groups excluding carboxylic acids is 1. The van der Waals surface area contributed by atoms with E-state index < -0.39 is 0 Å². The van der Waals surface area contributed by atoms with Crippen molar-refractivity contribution in [3.63, 3.8) is 0 Å². The number of nitrogens with zero attached hydrogens (tertiary/aromatic N) is 3. The molecule has 0 spiro atoms. The first-order valence-electron chi connectivity index (χ1n) is 5.37. The zero-order valence-electron chi connectivity index (χ0n) is 10.1. The molecule has 0 unspecified atom stereocenters. The average Bonchev–Trinajstić information content (AvgIpc) is 2.77. The highest BCUT2D eigenvalue weighted by Gasteiger charge is 2.17. The maximum atomic E-state index is 12.8. The van der Waals surface area contributed by atoms with E-state index >= 15 is 0 Å². The van der Waals surface area contributed by atoms with Crippen LogP contribution in [0.5, 0.6) is 0 Å². The van der Waals surface area contributed by atoms with Gasteiger partial charge in [-0.15, -0.1) is 5.10 Å². The Morgan fingerprint density at radius 1 is 1.39 bits per heavy atom. The van der Waals surface area contributed by atoms with Gasteiger partial charge in [-0.25, -0.2) is 4.39 Å². The van der Waals surface area contributed by atoms with Crippen molar-refractivity contribution >= 4 is 17.4 Å². The quantitative estimate of drug-likeness (QED) is 0.855. The highest BCUT2D eigenvalue weighted by atomic mass is 32.1. The molecule has 0 bridgehead atoms. The predicted molar refractivity (Wildman–Crippen MR) is 66.8 cm³/mol. The number of carbonyl (C=O) groups is 1. The second-order valence-electron chi connectivity index (χ2n) is 3.98. The van der Waals surface area contributed by atoms with Crippen LogP contribution in [0.1, 0.15) is 20.9 Å². The van der Waals surface area contributed by atoms with Crippen LogP contribution in [0, 0.1) is 12.7 Å². The Morgan fingerprint density at radius 3 is 2.61 bits per heavy atom. The van der Waals surface area contributed by atoms with Gasteiger partial charge in [0.05, 0.1) is 5.69 Å². The lowest BCUT2D eigenvalue weighted by Crippen LogP contribution is -2.26. The molecule has 2 aromatic rings. The first kappa shape index (κ1) is 12.6. The Labute approximate surface area is 108 Å². The Morgan fingerprint density at radius 2 is 2.06 bits per heavy atom. The Hall–Kier alpha value is -1.82. The first-order valence-corrected chi connectivity index (χ1v) is 6.14. The van der Waals surface area contributed by atoms with Crippen molar-refractivity contribution in [3.05, 3.63) is 46.2 Å². The first-order chi connectivity index (χ1) is 8.58. The molecule has 4 nitrogen and oxygen atoms in total. The number of benzene rings is 1. The molecule has 0 radical (unpaired) electrons. The molecule has 0 aliphatic heterocycles. The predicted octanol–water partition coefficient (Wildman–Crippen LogP) is 2.26. The van der Waals surface area contributed by atoms with Crippen LogP contribution < -0.4 is 0 Å². The fourth-order valence-electron chi connectivity index (χ4n) is 1.54. The standard InChI is InChI=1S/C12H12FN3OS/c1-8-11(18-15-14-8)12(17)16(2)7-9-3-5-10(13)6-4-9/h3-6H,7H2,1-2H3. The lowest BCUT2D eigenvalue weighted by molar-refractivity contribution is 0.0789. The molecule has 0 fully saturated rings. The SMILES string of the molecule is Cc1nnsc1C(=O)N(C)Cc1ccc(F)cc1. The Kier molecular flexibility index (Phi) is 3.66. The molecule has 2 rings (SSSR count). The van der Waals surface area contributed by atoms with Gasteiger partial charge in [-0.3, -0.25) is 4.79 Å². The molecule has 0 aliphatic carbocycles. The summed E-state index contributed by atoms with van der Waals surface area (Å²) < 4.78 is 16.5. The maximum Gasteiger partial charge on any atom is 0.267 e. The number of aryl methyl sites for hydroxylation is 1. The van der Waals surface area contributed by atoms with E-state index in [4.69, 9.17) is 0 Å². The molecular weight excluding hydrogens is 253 g/mol. The lowest BCUT2D eigenvalue weighted by atomic mass is 10.2. The zero-order chi connectivity index (χ0) is 13.1. The number of aromatic nitrogens is 2. The molecule has 0 atom stereocenters. The molecule has 0 aliphatic rings. The topological polar surface area (TPSA) is 46.1 Å². The van der Waals surface area contributed by atoms with E-state index in [0.717, 1.165) is 17.1 Å². The summed E-state index contributed by atoms with van der Waals surface area (Å²) in [7, 11) is 1.70. The minimum Gasteiger partial charge on any atom is -0.337 e. The molecule has 18 heavy (non-hydrogen) atoms. The van der Waals surface area contributed by atoms with E-state index in [1.54, 1.807) is 31.0 Å². The number of hydrogen-bond acceptors (Lipinski definition) is 4. The highest BCUT2D eigenvalue weighted by Crippen LogP contribution is 2.14. The third-order valence-electron chi connectivity index (χ3n) is 2.53. The summed E-state index contributed by atoms with van der Waals surface area (Å²) in [6.45, 7) is 2.18. The van der Waals surface area contributed by atoms with E-state index in [1.807, 2.05) is 0 Å². The molecule has 1 aromatic carbocycles. The van der Waals surface area contributed by atoms with Crippen LogP contribution in [-0.4, -0.2) is 27.4 Å². The molecule has 0 saturated heterocycles. The molecule has 0 saturated carbocycles. The summed E-state index contributed by atoms with van der Waals surface area (Å²) in [6.07, 6.45) is 0. The van der Waals surface area contributed by atoms with Crippen LogP contribution in [0.15, 0.2) is 24.3 Å². The van der Waals surface area contributed by atoms with Crippen LogP contribution in [-0.2, 0) is 6.54 Å². The second kappa shape index (κ2) is 5.22. The van der Waals surface area contributed by atoms with Crippen molar-refractivity contribution in [2.75, 3.05) is 7.05 Å². The van der Waals surface area contributed by atoms with E-state index in [1.165, 1.54) is 12.1 Å². The van der Waals surface area contributed by atoms with Gasteiger partial charge in [-0.2, -0.15) is 0 Å². The van der Waals surface area contributed by atoms with Crippen LogP contribution in [0.25, 0.3) is 0 Å². The van der Waals surface area contributed by atoms with Gasteiger partial charge in [0.1, 0.15) is 10.7 Å². The van der Waals surface area contributed by atoms with Crippen LogP contribution in [0.3, 0.4) is 0 Å². The van der Waals surface area contributed by atoms with Gasteiger partial charge in [0.2, 0.25) is 0 Å². The second-order valence-corrected chi connectivity index (χ2v) is 4.73. The van der Waals surface area contributed by atoms with Crippen LogP contribution in [0.4, 0.5) is 4.39 Å². The van der Waals surface area contributed by atoms with Crippen LogP contribution >= 0.6 is 11.5 Å². The van der Waals surface area contributed by atoms with E-state index in [9.17, 15) is 9.18 Å². The maximum absolute atomic E-state index is 12.8. The zero-order valence-corrected chi connectivity index (χ0v) is 10.9. The fourth-order valence-corrected chi connectivity index (χ4v) is 2.19. The molecular formula is C12H12FN3OS. The molecule has 6 heteroatoms. The third kappa shape index (κ3) is 2.70. The Balaban J connectivity index is 2.08. The number of halogens is 1. The average molecular weight is 265 g/mol. The number of amides is 1. The smallest absolute Gasteiger partial charge is 0.267 e. The minimum absolute atomic E-state index is 0.119. The monoisotopic (exact) mass is 265 g/mol. The molecule has 1 aromatic heterocycles. The van der Waals surface area contributed by atoms with Gasteiger partial charge < -0.3 is 4.90 Å². The van der Waals surface area contributed by atoms with E-state index in [-0.39, 0.29) is 11.7 Å². The van der Waals surface area contributed by atoms with Crippen LogP contribution in [0.2, 0.25) is 0 Å². The molecule has 0 N–H and O–H groups in total. The van der Waals surface area contributed by atoms with E-state index in [2.05, 4.69) is 9.59 Å². The van der Waals surface area contributed by atoms with Crippen molar-refractivity contribution < 1.29 is 9.18 Å². The third-order valence-corrected chi connectivity index (χ3v) is 3.34. The van der Waals surface area contributed by atoms with Gasteiger partial charge in [-0.05, 0) is 36.2 Å². The largest absolute Gasteiger partial charge is 0.337 e. The summed E-state index contributed by atoms with van der Waals surface area (Å²) in [5.74, 6) is -0.401. The van der Waals surface area contributed by atoms with Crippen molar-refractivity contribution in [3.8, 4) is 0 Å². The minimum atomic E-state index is -0.282. The van der Waals surface area contributed by atoms with E-state index in [0.29, 0.717) is 17.1 Å². The van der Waals surface area contributed by atoms with Crippen molar-refractivity contribution in [2.45, 2.75) is 13.5 Å². The fraction of sp³-hybridized carbons (Fsp3) is 0.250. The summed E-state index contributed by atoms with van der Waals surface area (Å²) in [4.78, 5) is 14.2. The summed E-state index contributed by atoms with van der Waals surface area (Å²) in [5, 5.41) is 3.81. The van der Waals surface area contributed by atoms with Crippen molar-refractivity contribution in [1.29, 1.82) is 0 Å². The molecule has 1 amide bonds. The van der Waals surface area contributed by atoms with Gasteiger partial charge in [0, 0.05) is 13.6 Å². The lowest BCUT2D eigenvalue weighted by Gasteiger charge is -2.16. The summed E-state index contributed by atoms with van der Waals surface area (Å²) >= 11 is 1.09. The summed E-state index contributed by atoms with van der Waals surface area (Å²) in [6, 6.07) is 6.09. The van der Waals surface area contributed by atoms with Gasteiger partial charge in [0.25, 0.3) is 5.91 Å². The molecule has 94 valence electrons. The highest BCUT2D eigenvalue weighted by molar-refractivity contribution is 7.07. The normalized spacial score (nSPS) is 10.4. The van der Waals surface area contributed by atoms with Gasteiger partial charge >= 0.3 is 0 Å². The van der Waals surface area contributed by atoms with Gasteiger partial charge in [-0.1, -0.05) is 16.6 Å². The molecule has 1 heterocycles. The summed E-state index contributed by atoms with van der Waals surface area (Å²) in [5.41, 5.74) is 1.51. The van der Waals surface area contributed by atoms with Crippen molar-refractivity contribution in [2.24, 2.45) is 0 Å². The number of rotatable bonds is 3. The Bertz CT molecular complexity index is 553.